The van der Waals surface area contributed by atoms with Gasteiger partial charge in [-0.2, -0.15) is 0 Å². The Morgan fingerprint density at radius 2 is 1.41 bits per heavy atom. The summed E-state index contributed by atoms with van der Waals surface area (Å²) in [7, 11) is 0. The lowest BCUT2D eigenvalue weighted by molar-refractivity contribution is -0.117. The predicted octanol–water partition coefficient (Wildman–Crippen LogP) is 7.05. The van der Waals surface area contributed by atoms with Crippen LogP contribution in [0.2, 0.25) is 0 Å². The van der Waals surface area contributed by atoms with Crippen molar-refractivity contribution in [3.8, 4) is 0 Å². The average molecular weight is 447 g/mol. The lowest BCUT2D eigenvalue weighted by Crippen LogP contribution is -2.34. The predicted molar refractivity (Wildman–Crippen MR) is 135 cm³/mol. The van der Waals surface area contributed by atoms with Crippen molar-refractivity contribution in [2.24, 2.45) is 0 Å². The van der Waals surface area contributed by atoms with Crippen LogP contribution in [0, 0.1) is 0 Å². The first-order chi connectivity index (χ1) is 15.6. The SMILES string of the molecule is CCCCC(=O)Nc1ccc(SC(CC)C(=O)N(c2ccccc2)c2ccccc2)cc1. The largest absolute Gasteiger partial charge is 0.326 e. The van der Waals surface area contributed by atoms with Crippen molar-refractivity contribution in [3.05, 3.63) is 84.9 Å². The van der Waals surface area contributed by atoms with Crippen molar-refractivity contribution >= 4 is 40.6 Å². The molecule has 0 heterocycles. The number of para-hydroxylation sites is 2. The number of hydrogen-bond donors (Lipinski definition) is 1. The van der Waals surface area contributed by atoms with Gasteiger partial charge in [0.15, 0.2) is 0 Å². The second-order valence-electron chi connectivity index (χ2n) is 7.54. The first kappa shape index (κ1) is 23.6. The zero-order chi connectivity index (χ0) is 22.8. The number of unbranched alkanes of at least 4 members (excludes halogenated alkanes) is 1. The average Bonchev–Trinajstić information content (AvgIpc) is 2.83. The maximum Gasteiger partial charge on any atom is 0.245 e. The van der Waals surface area contributed by atoms with E-state index in [0.29, 0.717) is 12.8 Å². The lowest BCUT2D eigenvalue weighted by atomic mass is 10.2. The molecule has 5 heteroatoms. The number of anilines is 3. The zero-order valence-electron chi connectivity index (χ0n) is 18.7. The van der Waals surface area contributed by atoms with Gasteiger partial charge in [0.2, 0.25) is 11.8 Å². The van der Waals surface area contributed by atoms with Gasteiger partial charge < -0.3 is 5.32 Å². The summed E-state index contributed by atoms with van der Waals surface area (Å²) < 4.78 is 0. The van der Waals surface area contributed by atoms with E-state index in [0.717, 1.165) is 34.8 Å². The summed E-state index contributed by atoms with van der Waals surface area (Å²) in [6, 6.07) is 27.2. The van der Waals surface area contributed by atoms with Crippen molar-refractivity contribution in [2.45, 2.75) is 49.7 Å². The van der Waals surface area contributed by atoms with E-state index in [9.17, 15) is 9.59 Å². The molecule has 3 aromatic carbocycles. The van der Waals surface area contributed by atoms with Crippen LogP contribution >= 0.6 is 11.8 Å². The topological polar surface area (TPSA) is 49.4 Å². The third-order valence-corrected chi connectivity index (χ3v) is 6.43. The molecule has 0 saturated heterocycles. The van der Waals surface area contributed by atoms with Crippen molar-refractivity contribution in [3.63, 3.8) is 0 Å². The molecule has 3 rings (SSSR count). The van der Waals surface area contributed by atoms with Gasteiger partial charge in [-0.05, 0) is 61.4 Å². The van der Waals surface area contributed by atoms with Crippen molar-refractivity contribution in [1.82, 2.24) is 0 Å². The van der Waals surface area contributed by atoms with Gasteiger partial charge in [0.05, 0.1) is 5.25 Å². The Balaban J connectivity index is 1.75. The van der Waals surface area contributed by atoms with E-state index in [1.807, 2.05) is 91.9 Å². The Morgan fingerprint density at radius 1 is 0.844 bits per heavy atom. The summed E-state index contributed by atoms with van der Waals surface area (Å²) in [5, 5.41) is 2.70. The van der Waals surface area contributed by atoms with Gasteiger partial charge in [0, 0.05) is 28.4 Å². The highest BCUT2D eigenvalue weighted by atomic mass is 32.2. The molecule has 2 amide bonds. The lowest BCUT2D eigenvalue weighted by Gasteiger charge is -2.27. The van der Waals surface area contributed by atoms with Crippen LogP contribution in [0.25, 0.3) is 0 Å². The van der Waals surface area contributed by atoms with E-state index in [-0.39, 0.29) is 17.1 Å². The van der Waals surface area contributed by atoms with Crippen molar-refractivity contribution in [1.29, 1.82) is 0 Å². The molecule has 0 radical (unpaired) electrons. The minimum absolute atomic E-state index is 0.0372. The number of carbonyl (C=O) groups is 2. The molecule has 0 bridgehead atoms. The summed E-state index contributed by atoms with van der Waals surface area (Å²) in [6.45, 7) is 4.10. The van der Waals surface area contributed by atoms with Crippen LogP contribution in [-0.4, -0.2) is 17.1 Å². The number of nitrogens with zero attached hydrogens (tertiary/aromatic N) is 1. The summed E-state index contributed by atoms with van der Waals surface area (Å²) in [5.74, 6) is 0.0853. The second-order valence-corrected chi connectivity index (χ2v) is 8.81. The molecular formula is C27H30N2O2S. The quantitative estimate of drug-likeness (QED) is 0.339. The molecule has 0 aliphatic heterocycles. The zero-order valence-corrected chi connectivity index (χ0v) is 19.5. The normalized spacial score (nSPS) is 11.6. The van der Waals surface area contributed by atoms with Crippen LogP contribution in [0.15, 0.2) is 89.8 Å². The Labute approximate surface area is 195 Å². The van der Waals surface area contributed by atoms with Gasteiger partial charge in [0.25, 0.3) is 0 Å². The molecule has 1 N–H and O–H groups in total. The van der Waals surface area contributed by atoms with Crippen LogP contribution in [0.3, 0.4) is 0 Å². The van der Waals surface area contributed by atoms with Crippen molar-refractivity contribution < 1.29 is 9.59 Å². The fourth-order valence-corrected chi connectivity index (χ4v) is 4.35. The van der Waals surface area contributed by atoms with Crippen LogP contribution in [0.5, 0.6) is 0 Å². The summed E-state index contributed by atoms with van der Waals surface area (Å²) in [4.78, 5) is 28.4. The van der Waals surface area contributed by atoms with Crippen molar-refractivity contribution in [2.75, 3.05) is 10.2 Å². The maximum absolute atomic E-state index is 13.6. The highest BCUT2D eigenvalue weighted by Crippen LogP contribution is 2.33. The van der Waals surface area contributed by atoms with E-state index in [1.54, 1.807) is 16.7 Å². The molecule has 4 nitrogen and oxygen atoms in total. The van der Waals surface area contributed by atoms with Gasteiger partial charge in [-0.3, -0.25) is 14.5 Å². The summed E-state index contributed by atoms with van der Waals surface area (Å²) in [6.07, 6.45) is 3.13. The van der Waals surface area contributed by atoms with E-state index < -0.39 is 0 Å². The second kappa shape index (κ2) is 12.1. The smallest absolute Gasteiger partial charge is 0.245 e. The van der Waals surface area contributed by atoms with Crippen LogP contribution in [0.1, 0.15) is 39.5 Å². The molecular weight excluding hydrogens is 416 g/mol. The fraction of sp³-hybridized carbons (Fsp3) is 0.259. The molecule has 0 aliphatic rings. The molecule has 1 atom stereocenters. The van der Waals surface area contributed by atoms with Gasteiger partial charge >= 0.3 is 0 Å². The van der Waals surface area contributed by atoms with Crippen LogP contribution in [0.4, 0.5) is 17.1 Å². The van der Waals surface area contributed by atoms with E-state index in [1.165, 1.54) is 0 Å². The summed E-state index contributed by atoms with van der Waals surface area (Å²) >= 11 is 1.55. The molecule has 32 heavy (non-hydrogen) atoms. The highest BCUT2D eigenvalue weighted by molar-refractivity contribution is 8.00. The maximum atomic E-state index is 13.6. The number of hydrogen-bond acceptors (Lipinski definition) is 3. The molecule has 0 saturated carbocycles. The monoisotopic (exact) mass is 446 g/mol. The van der Waals surface area contributed by atoms with Gasteiger partial charge in [0.1, 0.15) is 0 Å². The van der Waals surface area contributed by atoms with Gasteiger partial charge in [-0.1, -0.05) is 56.7 Å². The minimum Gasteiger partial charge on any atom is -0.326 e. The highest BCUT2D eigenvalue weighted by Gasteiger charge is 2.26. The Kier molecular flexibility index (Phi) is 8.93. The fourth-order valence-electron chi connectivity index (χ4n) is 3.35. The molecule has 166 valence electrons. The standard InChI is InChI=1S/C27H30N2O2S/c1-3-5-16-26(30)28-21-17-19-24(20-18-21)32-25(4-2)27(31)29(22-12-8-6-9-13-22)23-14-10-7-11-15-23/h6-15,17-20,25H,3-5,16H2,1-2H3,(H,28,30). The van der Waals surface area contributed by atoms with E-state index in [2.05, 4.69) is 12.2 Å². The number of carbonyl (C=O) groups excluding carboxylic acids is 2. The minimum atomic E-state index is -0.236. The first-order valence-electron chi connectivity index (χ1n) is 11.1. The molecule has 3 aromatic rings. The van der Waals surface area contributed by atoms with E-state index in [4.69, 9.17) is 0 Å². The number of rotatable bonds is 10. The van der Waals surface area contributed by atoms with Gasteiger partial charge in [-0.15, -0.1) is 11.8 Å². The summed E-state index contributed by atoms with van der Waals surface area (Å²) in [5.41, 5.74) is 2.49. The number of thioether (sulfide) groups is 1. The van der Waals surface area contributed by atoms with E-state index >= 15 is 0 Å². The molecule has 0 spiro atoms. The third kappa shape index (κ3) is 6.47. The Morgan fingerprint density at radius 3 is 1.91 bits per heavy atom. The number of benzene rings is 3. The molecule has 0 fully saturated rings. The Bertz CT molecular complexity index is 952. The third-order valence-electron chi connectivity index (χ3n) is 5.07. The number of nitrogens with one attached hydrogen (secondary N) is 1. The Hall–Kier alpha value is -3.05. The molecule has 1 unspecified atom stereocenters. The number of amides is 2. The molecule has 0 aliphatic carbocycles. The van der Waals surface area contributed by atoms with Crippen LogP contribution in [-0.2, 0) is 9.59 Å². The molecule has 0 aromatic heterocycles. The van der Waals surface area contributed by atoms with Crippen LogP contribution < -0.4 is 10.2 Å². The van der Waals surface area contributed by atoms with Gasteiger partial charge in [-0.25, -0.2) is 0 Å². The first-order valence-corrected chi connectivity index (χ1v) is 12.0.